The van der Waals surface area contributed by atoms with Crippen molar-refractivity contribution in [2.75, 3.05) is 11.9 Å². The minimum Gasteiger partial charge on any atom is -0.396 e. The first kappa shape index (κ1) is 18.4. The molecule has 3 aromatic rings. The third-order valence-corrected chi connectivity index (χ3v) is 5.44. The van der Waals surface area contributed by atoms with Crippen LogP contribution in [0.4, 0.5) is 5.95 Å². The molecule has 0 unspecified atom stereocenters. The number of nitrogens with one attached hydrogen (secondary N) is 1. The van der Waals surface area contributed by atoms with E-state index in [4.69, 9.17) is 5.11 Å². The lowest BCUT2D eigenvalue weighted by atomic mass is 10.0. The number of hydrogen-bond acceptors (Lipinski definition) is 4. The summed E-state index contributed by atoms with van der Waals surface area (Å²) in [6, 6.07) is 16.4. The van der Waals surface area contributed by atoms with Gasteiger partial charge in [-0.1, -0.05) is 56.1 Å². The van der Waals surface area contributed by atoms with Crippen molar-refractivity contribution < 1.29 is 5.11 Å². The van der Waals surface area contributed by atoms with E-state index in [-0.39, 0.29) is 12.6 Å². The number of nitrogens with zero attached hydrogens (tertiary/aromatic N) is 3. The maximum absolute atomic E-state index is 9.11. The average Bonchev–Trinajstić information content (AvgIpc) is 3.09. The van der Waals surface area contributed by atoms with Crippen molar-refractivity contribution >= 4 is 43.5 Å². The van der Waals surface area contributed by atoms with Crippen LogP contribution in [0.3, 0.4) is 0 Å². The minimum absolute atomic E-state index is 0.0622. The normalized spacial score (nSPS) is 15.8. The summed E-state index contributed by atoms with van der Waals surface area (Å²) in [5.74, 6) is 1.45. The number of aryl methyl sites for hydroxylation is 1. The molecule has 2 heterocycles. The van der Waals surface area contributed by atoms with Gasteiger partial charge in [-0.05, 0) is 47.9 Å². The molecule has 138 valence electrons. The van der Waals surface area contributed by atoms with E-state index in [0.717, 1.165) is 31.6 Å². The molecular formula is C20H18Br2N4O. The van der Waals surface area contributed by atoms with E-state index < -0.39 is 0 Å². The first-order valence-corrected chi connectivity index (χ1v) is 10.3. The predicted octanol–water partition coefficient (Wildman–Crippen LogP) is 4.78. The van der Waals surface area contributed by atoms with Crippen LogP contribution in [0.2, 0.25) is 0 Å². The SMILES string of the molecule is OCCCc1nc2n(n1)[C@H](c1cccc(Br)c1)C=C(c1ccc(Br)cc1)N2. The summed E-state index contributed by atoms with van der Waals surface area (Å²) in [5.41, 5.74) is 3.21. The second-order valence-corrected chi connectivity index (χ2v) is 8.17. The summed E-state index contributed by atoms with van der Waals surface area (Å²) in [6.45, 7) is 0.134. The highest BCUT2D eigenvalue weighted by molar-refractivity contribution is 9.10. The van der Waals surface area contributed by atoms with E-state index >= 15 is 0 Å². The van der Waals surface area contributed by atoms with Crippen molar-refractivity contribution in [3.05, 3.63) is 80.5 Å². The van der Waals surface area contributed by atoms with Crippen molar-refractivity contribution in [1.29, 1.82) is 0 Å². The molecule has 5 nitrogen and oxygen atoms in total. The van der Waals surface area contributed by atoms with Crippen LogP contribution < -0.4 is 5.32 Å². The monoisotopic (exact) mass is 488 g/mol. The molecule has 0 radical (unpaired) electrons. The molecule has 0 amide bonds. The van der Waals surface area contributed by atoms with Crippen LogP contribution in [0.5, 0.6) is 0 Å². The zero-order valence-corrected chi connectivity index (χ0v) is 17.6. The Bertz CT molecular complexity index is 982. The van der Waals surface area contributed by atoms with Gasteiger partial charge in [-0.15, -0.1) is 0 Å². The maximum Gasteiger partial charge on any atom is 0.226 e. The lowest BCUT2D eigenvalue weighted by molar-refractivity contribution is 0.287. The van der Waals surface area contributed by atoms with E-state index in [1.54, 1.807) is 0 Å². The standard InChI is InChI=1S/C20H18Br2N4O/c21-15-8-6-13(7-9-15)17-12-18(14-3-1-4-16(22)11-14)26-20(23-17)24-19(25-26)5-2-10-27/h1,3-4,6-9,11-12,18,27H,2,5,10H2,(H,23,24,25)/t18-/m0/s1. The lowest BCUT2D eigenvalue weighted by Crippen LogP contribution is -2.20. The van der Waals surface area contributed by atoms with Crippen molar-refractivity contribution in [3.63, 3.8) is 0 Å². The first-order chi connectivity index (χ1) is 13.1. The fourth-order valence-electron chi connectivity index (χ4n) is 3.11. The second kappa shape index (κ2) is 7.96. The molecule has 0 fully saturated rings. The molecule has 0 saturated heterocycles. The highest BCUT2D eigenvalue weighted by Gasteiger charge is 2.25. The number of allylic oxidation sites excluding steroid dienone is 1. The largest absolute Gasteiger partial charge is 0.396 e. The zero-order valence-electron chi connectivity index (χ0n) is 14.4. The van der Waals surface area contributed by atoms with Crippen LogP contribution in [-0.2, 0) is 6.42 Å². The summed E-state index contributed by atoms with van der Waals surface area (Å²) >= 11 is 7.05. The fourth-order valence-corrected chi connectivity index (χ4v) is 3.79. The first-order valence-electron chi connectivity index (χ1n) is 8.70. The molecular weight excluding hydrogens is 472 g/mol. The van der Waals surface area contributed by atoms with Crippen molar-refractivity contribution in [2.45, 2.75) is 18.9 Å². The molecule has 0 bridgehead atoms. The smallest absolute Gasteiger partial charge is 0.226 e. The van der Waals surface area contributed by atoms with Gasteiger partial charge in [0.2, 0.25) is 5.95 Å². The number of halogens is 2. The highest BCUT2D eigenvalue weighted by Crippen LogP contribution is 2.33. The Morgan fingerprint density at radius 1 is 1.07 bits per heavy atom. The molecule has 1 atom stereocenters. The number of aliphatic hydroxyl groups excluding tert-OH is 1. The molecule has 2 aromatic carbocycles. The van der Waals surface area contributed by atoms with Gasteiger partial charge in [0, 0.05) is 27.7 Å². The Balaban J connectivity index is 1.77. The van der Waals surface area contributed by atoms with Crippen LogP contribution in [-0.4, -0.2) is 26.5 Å². The van der Waals surface area contributed by atoms with Gasteiger partial charge in [0.1, 0.15) is 6.04 Å². The summed E-state index contributed by atoms with van der Waals surface area (Å²) < 4.78 is 3.98. The summed E-state index contributed by atoms with van der Waals surface area (Å²) in [6.07, 6.45) is 3.47. The molecule has 0 aliphatic carbocycles. The Morgan fingerprint density at radius 3 is 2.63 bits per heavy atom. The van der Waals surface area contributed by atoms with Crippen LogP contribution >= 0.6 is 31.9 Å². The van der Waals surface area contributed by atoms with Crippen molar-refractivity contribution in [2.24, 2.45) is 0 Å². The van der Waals surface area contributed by atoms with Crippen LogP contribution in [0.15, 0.2) is 63.6 Å². The number of fused-ring (bicyclic) bond motifs is 1. The topological polar surface area (TPSA) is 63.0 Å². The average molecular weight is 490 g/mol. The fraction of sp³-hybridized carbons (Fsp3) is 0.200. The third-order valence-electron chi connectivity index (χ3n) is 4.41. The summed E-state index contributed by atoms with van der Waals surface area (Å²) in [5, 5.41) is 17.2. The van der Waals surface area contributed by atoms with Crippen molar-refractivity contribution in [1.82, 2.24) is 14.8 Å². The van der Waals surface area contributed by atoms with Gasteiger partial charge in [-0.3, -0.25) is 0 Å². The molecule has 4 rings (SSSR count). The lowest BCUT2D eigenvalue weighted by Gasteiger charge is -2.24. The third kappa shape index (κ3) is 4.00. The van der Waals surface area contributed by atoms with E-state index in [1.807, 2.05) is 28.9 Å². The number of anilines is 1. The molecule has 1 aliphatic heterocycles. The second-order valence-electron chi connectivity index (χ2n) is 6.34. The summed E-state index contributed by atoms with van der Waals surface area (Å²) in [4.78, 5) is 4.65. The van der Waals surface area contributed by atoms with Gasteiger partial charge in [-0.25, -0.2) is 4.68 Å². The van der Waals surface area contributed by atoms with Gasteiger partial charge in [0.25, 0.3) is 0 Å². The molecule has 27 heavy (non-hydrogen) atoms. The van der Waals surface area contributed by atoms with E-state index in [2.05, 4.69) is 77.6 Å². The molecule has 1 aliphatic rings. The summed E-state index contributed by atoms with van der Waals surface area (Å²) in [7, 11) is 0. The Morgan fingerprint density at radius 2 is 1.89 bits per heavy atom. The number of hydrogen-bond donors (Lipinski definition) is 2. The zero-order chi connectivity index (χ0) is 18.8. The van der Waals surface area contributed by atoms with Gasteiger partial charge >= 0.3 is 0 Å². The van der Waals surface area contributed by atoms with Gasteiger partial charge in [0.05, 0.1) is 0 Å². The number of rotatable bonds is 5. The van der Waals surface area contributed by atoms with E-state index in [9.17, 15) is 0 Å². The molecule has 0 spiro atoms. The molecule has 2 N–H and O–H groups in total. The maximum atomic E-state index is 9.11. The Kier molecular flexibility index (Phi) is 5.43. The Hall–Kier alpha value is -1.96. The number of aromatic nitrogens is 3. The number of aliphatic hydroxyl groups is 1. The van der Waals surface area contributed by atoms with Crippen LogP contribution in [0.25, 0.3) is 5.70 Å². The van der Waals surface area contributed by atoms with E-state index in [1.165, 1.54) is 0 Å². The molecule has 1 aromatic heterocycles. The Labute approximate surface area is 174 Å². The van der Waals surface area contributed by atoms with Gasteiger partial charge in [-0.2, -0.15) is 10.1 Å². The number of benzene rings is 2. The minimum atomic E-state index is -0.0622. The molecule has 0 saturated carbocycles. The van der Waals surface area contributed by atoms with E-state index in [0.29, 0.717) is 18.8 Å². The molecule has 7 heteroatoms. The van der Waals surface area contributed by atoms with Gasteiger partial charge < -0.3 is 10.4 Å². The highest BCUT2D eigenvalue weighted by atomic mass is 79.9. The van der Waals surface area contributed by atoms with Crippen LogP contribution in [0, 0.1) is 0 Å². The van der Waals surface area contributed by atoms with Gasteiger partial charge in [0.15, 0.2) is 5.82 Å². The van der Waals surface area contributed by atoms with Crippen LogP contribution in [0.1, 0.15) is 29.4 Å². The van der Waals surface area contributed by atoms with Crippen molar-refractivity contribution in [3.8, 4) is 0 Å². The quantitative estimate of drug-likeness (QED) is 0.541. The predicted molar refractivity (Wildman–Crippen MR) is 113 cm³/mol.